The summed E-state index contributed by atoms with van der Waals surface area (Å²) < 4.78 is 18.6. The van der Waals surface area contributed by atoms with Crippen LogP contribution < -0.4 is 10.6 Å². The first kappa shape index (κ1) is 20.5. The van der Waals surface area contributed by atoms with Crippen molar-refractivity contribution in [3.05, 3.63) is 33.6 Å². The Hall–Kier alpha value is -1.53. The number of carbonyl (C=O) groups excluding carboxylic acids is 2. The molecule has 0 heterocycles. The minimum Gasteiger partial charge on any atom is -0.444 e. The molecule has 2 N–H and O–H groups in total. The third-order valence-electron chi connectivity index (χ3n) is 2.99. The van der Waals surface area contributed by atoms with E-state index < -0.39 is 35.5 Å². The molecule has 1 aromatic carbocycles. The fourth-order valence-corrected chi connectivity index (χ4v) is 2.38. The van der Waals surface area contributed by atoms with Gasteiger partial charge in [0.25, 0.3) is 0 Å². The quantitative estimate of drug-likeness (QED) is 0.770. The van der Waals surface area contributed by atoms with Crippen LogP contribution in [0.25, 0.3) is 0 Å². The van der Waals surface area contributed by atoms with E-state index in [2.05, 4.69) is 10.6 Å². The molecule has 0 aliphatic carbocycles. The molecule has 1 rings (SSSR count). The molecule has 0 aliphatic rings. The molecule has 0 aliphatic heterocycles. The van der Waals surface area contributed by atoms with E-state index in [-0.39, 0.29) is 10.0 Å². The predicted molar refractivity (Wildman–Crippen MR) is 91.8 cm³/mol. The Morgan fingerprint density at radius 1 is 1.12 bits per heavy atom. The van der Waals surface area contributed by atoms with Gasteiger partial charge in [-0.15, -0.1) is 0 Å². The van der Waals surface area contributed by atoms with Gasteiger partial charge in [0.15, 0.2) is 0 Å². The highest BCUT2D eigenvalue weighted by atomic mass is 35.5. The van der Waals surface area contributed by atoms with E-state index in [0.717, 1.165) is 0 Å². The predicted octanol–water partition coefficient (Wildman–Crippen LogP) is 4.22. The number of benzene rings is 1. The highest BCUT2D eigenvalue weighted by molar-refractivity contribution is 6.35. The van der Waals surface area contributed by atoms with Crippen LogP contribution in [0.15, 0.2) is 12.1 Å². The van der Waals surface area contributed by atoms with Gasteiger partial charge in [-0.25, -0.2) is 9.18 Å². The van der Waals surface area contributed by atoms with Gasteiger partial charge < -0.3 is 15.4 Å². The topological polar surface area (TPSA) is 67.4 Å². The SMILES string of the molecule is CC(NC(=O)[C@@H](C)NC(=O)OC(C)(C)C)c1cc(F)c(Cl)cc1Cl. The molecule has 0 aromatic heterocycles. The molecule has 0 saturated carbocycles. The number of alkyl carbamates (subject to hydrolysis) is 1. The number of halogens is 3. The van der Waals surface area contributed by atoms with E-state index in [1.165, 1.54) is 19.1 Å². The maximum atomic E-state index is 13.6. The molecular formula is C16H21Cl2FN2O3. The lowest BCUT2D eigenvalue weighted by Gasteiger charge is -2.23. The van der Waals surface area contributed by atoms with Crippen LogP contribution in [0.4, 0.5) is 9.18 Å². The maximum absolute atomic E-state index is 13.6. The second kappa shape index (κ2) is 8.03. The summed E-state index contributed by atoms with van der Waals surface area (Å²) in [5.74, 6) is -1.09. The lowest BCUT2D eigenvalue weighted by molar-refractivity contribution is -0.123. The minimum atomic E-state index is -0.835. The average Bonchev–Trinajstić information content (AvgIpc) is 2.40. The van der Waals surface area contributed by atoms with Gasteiger partial charge in [-0.05, 0) is 52.3 Å². The first-order valence-corrected chi connectivity index (χ1v) is 8.10. The molecule has 0 bridgehead atoms. The Balaban J connectivity index is 2.70. The first-order valence-electron chi connectivity index (χ1n) is 7.35. The average molecular weight is 379 g/mol. The Bertz CT molecular complexity index is 632. The van der Waals surface area contributed by atoms with Crippen molar-refractivity contribution in [2.24, 2.45) is 0 Å². The molecule has 0 fully saturated rings. The molecule has 0 saturated heterocycles. The van der Waals surface area contributed by atoms with E-state index in [1.807, 2.05) is 0 Å². The molecule has 5 nitrogen and oxygen atoms in total. The zero-order valence-electron chi connectivity index (χ0n) is 14.2. The third-order valence-corrected chi connectivity index (χ3v) is 3.61. The highest BCUT2D eigenvalue weighted by Crippen LogP contribution is 2.28. The summed E-state index contributed by atoms with van der Waals surface area (Å²) in [6.45, 7) is 8.31. The lowest BCUT2D eigenvalue weighted by atomic mass is 10.1. The number of nitrogens with one attached hydrogen (secondary N) is 2. The normalized spacial score (nSPS) is 13.8. The molecular weight excluding hydrogens is 358 g/mol. The van der Waals surface area contributed by atoms with Crippen molar-refractivity contribution in [1.82, 2.24) is 10.6 Å². The van der Waals surface area contributed by atoms with Crippen molar-refractivity contribution in [3.8, 4) is 0 Å². The molecule has 0 spiro atoms. The summed E-state index contributed by atoms with van der Waals surface area (Å²) >= 11 is 11.7. The Kier molecular flexibility index (Phi) is 6.86. The van der Waals surface area contributed by atoms with Gasteiger partial charge >= 0.3 is 6.09 Å². The molecule has 1 unspecified atom stereocenters. The van der Waals surface area contributed by atoms with Crippen molar-refractivity contribution in [3.63, 3.8) is 0 Å². The van der Waals surface area contributed by atoms with E-state index in [9.17, 15) is 14.0 Å². The van der Waals surface area contributed by atoms with Crippen molar-refractivity contribution in [2.75, 3.05) is 0 Å². The van der Waals surface area contributed by atoms with Gasteiger partial charge in [-0.1, -0.05) is 23.2 Å². The molecule has 8 heteroatoms. The van der Waals surface area contributed by atoms with Crippen molar-refractivity contribution in [2.45, 2.75) is 52.3 Å². The van der Waals surface area contributed by atoms with Gasteiger partial charge in [-0.3, -0.25) is 4.79 Å². The van der Waals surface area contributed by atoms with Crippen molar-refractivity contribution < 1.29 is 18.7 Å². The van der Waals surface area contributed by atoms with Crippen LogP contribution >= 0.6 is 23.2 Å². The molecule has 2 atom stereocenters. The fraction of sp³-hybridized carbons (Fsp3) is 0.500. The fourth-order valence-electron chi connectivity index (χ4n) is 1.84. The van der Waals surface area contributed by atoms with Crippen LogP contribution in [0.1, 0.15) is 46.2 Å². The van der Waals surface area contributed by atoms with Crippen LogP contribution in [0.5, 0.6) is 0 Å². The summed E-state index contributed by atoms with van der Waals surface area (Å²) in [6, 6.07) is 1.04. The van der Waals surface area contributed by atoms with Crippen molar-refractivity contribution in [1.29, 1.82) is 0 Å². The third kappa shape index (κ3) is 6.17. The van der Waals surface area contributed by atoms with E-state index >= 15 is 0 Å². The molecule has 2 amide bonds. The minimum absolute atomic E-state index is 0.0952. The smallest absolute Gasteiger partial charge is 0.408 e. The van der Waals surface area contributed by atoms with Gasteiger partial charge in [0, 0.05) is 5.02 Å². The summed E-state index contributed by atoms with van der Waals surface area (Å²) in [7, 11) is 0. The van der Waals surface area contributed by atoms with Crippen LogP contribution in [0.2, 0.25) is 10.0 Å². The number of rotatable bonds is 4. The molecule has 1 aromatic rings. The van der Waals surface area contributed by atoms with Crippen LogP contribution in [0, 0.1) is 5.82 Å². The number of carbonyl (C=O) groups is 2. The molecule has 134 valence electrons. The van der Waals surface area contributed by atoms with Crippen molar-refractivity contribution >= 4 is 35.2 Å². The Morgan fingerprint density at radius 3 is 2.25 bits per heavy atom. The van der Waals surface area contributed by atoms with Gasteiger partial charge in [-0.2, -0.15) is 0 Å². The lowest BCUT2D eigenvalue weighted by Crippen LogP contribution is -2.47. The number of hydrogen-bond acceptors (Lipinski definition) is 3. The summed E-state index contributed by atoms with van der Waals surface area (Å²) in [5, 5.41) is 5.22. The largest absolute Gasteiger partial charge is 0.444 e. The van der Waals surface area contributed by atoms with E-state index in [1.54, 1.807) is 27.7 Å². The number of ether oxygens (including phenoxy) is 1. The zero-order chi connectivity index (χ0) is 18.7. The van der Waals surface area contributed by atoms with Crippen LogP contribution in [0.3, 0.4) is 0 Å². The number of hydrogen-bond donors (Lipinski definition) is 2. The second-order valence-electron chi connectivity index (χ2n) is 6.39. The zero-order valence-corrected chi connectivity index (χ0v) is 15.7. The molecule has 0 radical (unpaired) electrons. The monoisotopic (exact) mass is 378 g/mol. The number of amides is 2. The van der Waals surface area contributed by atoms with Crippen LogP contribution in [-0.2, 0) is 9.53 Å². The van der Waals surface area contributed by atoms with E-state index in [4.69, 9.17) is 27.9 Å². The van der Waals surface area contributed by atoms with E-state index in [0.29, 0.717) is 5.56 Å². The summed E-state index contributed by atoms with van der Waals surface area (Å²) in [6.07, 6.45) is -0.701. The second-order valence-corrected chi connectivity index (χ2v) is 7.20. The molecule has 24 heavy (non-hydrogen) atoms. The Morgan fingerprint density at radius 2 is 1.71 bits per heavy atom. The summed E-state index contributed by atoms with van der Waals surface area (Å²) in [5.41, 5.74) is -0.279. The van der Waals surface area contributed by atoms with Gasteiger partial charge in [0.05, 0.1) is 11.1 Å². The summed E-state index contributed by atoms with van der Waals surface area (Å²) in [4.78, 5) is 23.8. The highest BCUT2D eigenvalue weighted by Gasteiger charge is 2.23. The maximum Gasteiger partial charge on any atom is 0.408 e. The van der Waals surface area contributed by atoms with Gasteiger partial charge in [0.1, 0.15) is 17.5 Å². The first-order chi connectivity index (χ1) is 10.9. The van der Waals surface area contributed by atoms with Crippen LogP contribution in [-0.4, -0.2) is 23.6 Å². The Labute approximate surface area is 150 Å². The van der Waals surface area contributed by atoms with Gasteiger partial charge in [0.2, 0.25) is 5.91 Å². The standard InChI is InChI=1S/C16H21Cl2FN2O3/c1-8(10-6-13(19)12(18)7-11(10)17)20-14(22)9(2)21-15(23)24-16(3,4)5/h6-9H,1-5H3,(H,20,22)(H,21,23)/t8?,9-/m1/s1.